The average molecular weight is 288 g/mol. The van der Waals surface area contributed by atoms with Gasteiger partial charge in [-0.2, -0.15) is 5.26 Å². The second-order valence-electron chi connectivity index (χ2n) is 6.58. The van der Waals surface area contributed by atoms with Crippen LogP contribution in [0.25, 0.3) is 0 Å². The van der Waals surface area contributed by atoms with E-state index in [2.05, 4.69) is 25.2 Å². The Balaban J connectivity index is 1.73. The maximum absolute atomic E-state index is 9.99. The summed E-state index contributed by atoms with van der Waals surface area (Å²) in [5, 5.41) is 22.4. The topological polar surface area (TPSA) is 65.3 Å². The molecule has 0 heterocycles. The van der Waals surface area contributed by atoms with E-state index in [-0.39, 0.29) is 6.61 Å². The SMILES string of the molecule is CC1(C)CCC(NCC(O)COc2ccccc2C#N)C1. The minimum atomic E-state index is -0.569. The van der Waals surface area contributed by atoms with Gasteiger partial charge in [0.2, 0.25) is 0 Å². The van der Waals surface area contributed by atoms with Crippen molar-refractivity contribution < 1.29 is 9.84 Å². The van der Waals surface area contributed by atoms with E-state index in [1.54, 1.807) is 18.2 Å². The summed E-state index contributed by atoms with van der Waals surface area (Å²) in [7, 11) is 0. The fourth-order valence-electron chi connectivity index (χ4n) is 2.84. The zero-order chi connectivity index (χ0) is 15.3. The molecule has 0 amide bonds. The van der Waals surface area contributed by atoms with Gasteiger partial charge >= 0.3 is 0 Å². The van der Waals surface area contributed by atoms with Crippen LogP contribution >= 0.6 is 0 Å². The molecule has 0 bridgehead atoms. The Kier molecular flexibility index (Phi) is 5.22. The highest BCUT2D eigenvalue weighted by Gasteiger charge is 2.30. The van der Waals surface area contributed by atoms with Crippen molar-refractivity contribution in [3.05, 3.63) is 29.8 Å². The lowest BCUT2D eigenvalue weighted by molar-refractivity contribution is 0.103. The third kappa shape index (κ3) is 4.73. The standard InChI is InChI=1S/C17H24N2O2/c1-17(2)8-7-14(9-17)19-11-15(20)12-21-16-6-4-3-5-13(16)10-18/h3-6,14-15,19-20H,7-9,11-12H2,1-2H3. The Morgan fingerprint density at radius 2 is 2.24 bits per heavy atom. The second kappa shape index (κ2) is 6.93. The maximum atomic E-state index is 9.99. The quantitative estimate of drug-likeness (QED) is 0.844. The smallest absolute Gasteiger partial charge is 0.137 e. The van der Waals surface area contributed by atoms with Crippen LogP contribution in [0.15, 0.2) is 24.3 Å². The van der Waals surface area contributed by atoms with Crippen LogP contribution in [0.1, 0.15) is 38.7 Å². The fourth-order valence-corrected chi connectivity index (χ4v) is 2.84. The first kappa shape index (κ1) is 15.8. The summed E-state index contributed by atoms with van der Waals surface area (Å²) < 4.78 is 5.53. The van der Waals surface area contributed by atoms with Crippen molar-refractivity contribution in [2.45, 2.75) is 45.3 Å². The summed E-state index contributed by atoms with van der Waals surface area (Å²) in [4.78, 5) is 0. The van der Waals surface area contributed by atoms with Gasteiger partial charge < -0.3 is 15.2 Å². The van der Waals surface area contributed by atoms with Gasteiger partial charge in [-0.1, -0.05) is 26.0 Å². The average Bonchev–Trinajstić information content (AvgIpc) is 2.82. The zero-order valence-electron chi connectivity index (χ0n) is 12.8. The lowest BCUT2D eigenvalue weighted by Crippen LogP contribution is -2.37. The molecule has 0 radical (unpaired) electrons. The molecule has 0 aliphatic heterocycles. The van der Waals surface area contributed by atoms with Crippen LogP contribution in [-0.4, -0.2) is 30.4 Å². The molecule has 1 aliphatic carbocycles. The van der Waals surface area contributed by atoms with Gasteiger partial charge in [0, 0.05) is 12.6 Å². The number of aliphatic hydroxyl groups is 1. The molecule has 0 aromatic heterocycles. The van der Waals surface area contributed by atoms with Crippen molar-refractivity contribution >= 4 is 0 Å². The van der Waals surface area contributed by atoms with Crippen LogP contribution in [0, 0.1) is 16.7 Å². The Labute approximate surface area is 126 Å². The van der Waals surface area contributed by atoms with Gasteiger partial charge in [-0.3, -0.25) is 0 Å². The molecular weight excluding hydrogens is 264 g/mol. The number of benzene rings is 1. The van der Waals surface area contributed by atoms with Gasteiger partial charge in [-0.25, -0.2) is 0 Å². The van der Waals surface area contributed by atoms with Crippen LogP contribution in [0.4, 0.5) is 0 Å². The van der Waals surface area contributed by atoms with Crippen molar-refractivity contribution in [3.63, 3.8) is 0 Å². The summed E-state index contributed by atoms with van der Waals surface area (Å²) in [6.07, 6.45) is 2.98. The van der Waals surface area contributed by atoms with E-state index < -0.39 is 6.10 Å². The van der Waals surface area contributed by atoms with Crippen LogP contribution in [0.3, 0.4) is 0 Å². The highest BCUT2D eigenvalue weighted by atomic mass is 16.5. The van der Waals surface area contributed by atoms with Gasteiger partial charge in [-0.15, -0.1) is 0 Å². The van der Waals surface area contributed by atoms with Gasteiger partial charge in [-0.05, 0) is 36.8 Å². The number of nitrogens with one attached hydrogen (secondary N) is 1. The molecular formula is C17H24N2O2. The predicted octanol–water partition coefficient (Wildman–Crippen LogP) is 2.47. The van der Waals surface area contributed by atoms with Gasteiger partial charge in [0.05, 0.1) is 5.56 Å². The third-order valence-corrected chi connectivity index (χ3v) is 4.05. The summed E-state index contributed by atoms with van der Waals surface area (Å²) in [5.41, 5.74) is 0.903. The minimum Gasteiger partial charge on any atom is -0.489 e. The van der Waals surface area contributed by atoms with Crippen molar-refractivity contribution in [1.82, 2.24) is 5.32 Å². The minimum absolute atomic E-state index is 0.196. The second-order valence-corrected chi connectivity index (χ2v) is 6.58. The molecule has 1 aliphatic rings. The zero-order valence-corrected chi connectivity index (χ0v) is 12.8. The summed E-state index contributed by atoms with van der Waals surface area (Å²) >= 11 is 0. The van der Waals surface area contributed by atoms with E-state index in [0.29, 0.717) is 29.3 Å². The third-order valence-electron chi connectivity index (χ3n) is 4.05. The summed E-state index contributed by atoms with van der Waals surface area (Å²) in [5.74, 6) is 0.529. The molecule has 21 heavy (non-hydrogen) atoms. The molecule has 2 atom stereocenters. The van der Waals surface area contributed by atoms with Crippen molar-refractivity contribution in [1.29, 1.82) is 5.26 Å². The predicted molar refractivity (Wildman–Crippen MR) is 82.1 cm³/mol. The first-order valence-corrected chi connectivity index (χ1v) is 7.53. The summed E-state index contributed by atoms with van der Waals surface area (Å²) in [6, 6.07) is 9.64. The largest absolute Gasteiger partial charge is 0.489 e. The molecule has 2 N–H and O–H groups in total. The van der Waals surface area contributed by atoms with E-state index in [0.717, 1.165) is 12.8 Å². The van der Waals surface area contributed by atoms with Gasteiger partial charge in [0.25, 0.3) is 0 Å². The Morgan fingerprint density at radius 3 is 2.90 bits per heavy atom. The number of hydrogen-bond acceptors (Lipinski definition) is 4. The van der Waals surface area contributed by atoms with Crippen LogP contribution < -0.4 is 10.1 Å². The maximum Gasteiger partial charge on any atom is 0.137 e. The number of rotatable bonds is 6. The van der Waals surface area contributed by atoms with Gasteiger partial charge in [0.15, 0.2) is 0 Å². The van der Waals surface area contributed by atoms with E-state index in [9.17, 15) is 5.11 Å². The first-order valence-electron chi connectivity index (χ1n) is 7.53. The molecule has 1 aromatic carbocycles. The number of para-hydroxylation sites is 1. The number of nitriles is 1. The molecule has 0 saturated heterocycles. The van der Waals surface area contributed by atoms with Crippen LogP contribution in [-0.2, 0) is 0 Å². The molecule has 1 saturated carbocycles. The van der Waals surface area contributed by atoms with Crippen molar-refractivity contribution in [2.75, 3.05) is 13.2 Å². The van der Waals surface area contributed by atoms with Crippen LogP contribution in [0.2, 0.25) is 0 Å². The number of hydrogen-bond donors (Lipinski definition) is 2. The first-order chi connectivity index (χ1) is 10.00. The molecule has 4 heteroatoms. The number of nitrogens with zero attached hydrogens (tertiary/aromatic N) is 1. The van der Waals surface area contributed by atoms with E-state index in [4.69, 9.17) is 10.00 Å². The molecule has 1 aromatic rings. The summed E-state index contributed by atoms with van der Waals surface area (Å²) in [6.45, 7) is 5.29. The number of aliphatic hydroxyl groups excluding tert-OH is 1. The molecule has 2 rings (SSSR count). The Hall–Kier alpha value is -1.57. The Bertz CT molecular complexity index is 508. The molecule has 0 spiro atoms. The Morgan fingerprint density at radius 1 is 1.48 bits per heavy atom. The lowest BCUT2D eigenvalue weighted by Gasteiger charge is -2.19. The highest BCUT2D eigenvalue weighted by Crippen LogP contribution is 2.36. The van der Waals surface area contributed by atoms with Crippen LogP contribution in [0.5, 0.6) is 5.75 Å². The normalized spacial score (nSPS) is 21.7. The van der Waals surface area contributed by atoms with Gasteiger partial charge in [0.1, 0.15) is 24.5 Å². The lowest BCUT2D eigenvalue weighted by atomic mass is 9.92. The van der Waals surface area contributed by atoms with E-state index in [1.165, 1.54) is 6.42 Å². The monoisotopic (exact) mass is 288 g/mol. The van der Waals surface area contributed by atoms with Crippen molar-refractivity contribution in [3.8, 4) is 11.8 Å². The molecule has 114 valence electrons. The molecule has 2 unspecified atom stereocenters. The number of ether oxygens (including phenoxy) is 1. The van der Waals surface area contributed by atoms with Crippen molar-refractivity contribution in [2.24, 2.45) is 5.41 Å². The highest BCUT2D eigenvalue weighted by molar-refractivity contribution is 5.42. The van der Waals surface area contributed by atoms with E-state index in [1.807, 2.05) is 6.07 Å². The van der Waals surface area contributed by atoms with E-state index >= 15 is 0 Å². The molecule has 1 fully saturated rings. The molecule has 4 nitrogen and oxygen atoms in total. The fraction of sp³-hybridized carbons (Fsp3) is 0.588.